The van der Waals surface area contributed by atoms with Gasteiger partial charge in [-0.05, 0) is 31.0 Å². The van der Waals surface area contributed by atoms with E-state index in [1.54, 1.807) is 19.1 Å². The number of likely N-dealkylation sites (tertiary alicyclic amines) is 1. The highest BCUT2D eigenvalue weighted by atomic mass is 32.2. The lowest BCUT2D eigenvalue weighted by Gasteiger charge is -2.40. The molecule has 1 amide bonds. The molecule has 5 nitrogen and oxygen atoms in total. The fourth-order valence-corrected chi connectivity index (χ4v) is 5.09. The average Bonchev–Trinajstić information content (AvgIpc) is 2.63. The maximum absolute atomic E-state index is 13.0. The fourth-order valence-electron chi connectivity index (χ4n) is 3.29. The summed E-state index contributed by atoms with van der Waals surface area (Å²) in [6, 6.07) is 15.8. The average molecular weight is 373 g/mol. The number of aryl methyl sites for hydroxylation is 1. The van der Waals surface area contributed by atoms with Crippen LogP contribution in [0.5, 0.6) is 0 Å². The Labute approximate surface area is 154 Å². The Morgan fingerprint density at radius 3 is 2.31 bits per heavy atom. The van der Waals surface area contributed by atoms with Crippen LogP contribution in [0.3, 0.4) is 0 Å². The van der Waals surface area contributed by atoms with E-state index in [2.05, 4.69) is 0 Å². The maximum atomic E-state index is 13.0. The van der Waals surface area contributed by atoms with Crippen LogP contribution in [0, 0.1) is 12.8 Å². The summed E-state index contributed by atoms with van der Waals surface area (Å²) in [7, 11) is -3.81. The van der Waals surface area contributed by atoms with E-state index >= 15 is 0 Å². The third-order valence-corrected chi connectivity index (χ3v) is 6.96. The first-order valence-electron chi connectivity index (χ1n) is 8.63. The van der Waals surface area contributed by atoms with E-state index in [9.17, 15) is 18.3 Å². The van der Waals surface area contributed by atoms with Crippen LogP contribution in [0.2, 0.25) is 0 Å². The zero-order chi connectivity index (χ0) is 18.9. The number of benzene rings is 2. The van der Waals surface area contributed by atoms with Crippen molar-refractivity contribution in [2.24, 2.45) is 5.92 Å². The molecule has 1 aliphatic heterocycles. The van der Waals surface area contributed by atoms with E-state index in [4.69, 9.17) is 0 Å². The Bertz CT molecular complexity index is 878. The third-order valence-electron chi connectivity index (χ3n) is 4.89. The summed E-state index contributed by atoms with van der Waals surface area (Å²) in [5.41, 5.74) is 1.80. The Morgan fingerprint density at radius 2 is 1.69 bits per heavy atom. The van der Waals surface area contributed by atoms with Gasteiger partial charge in [-0.1, -0.05) is 55.0 Å². The van der Waals surface area contributed by atoms with Gasteiger partial charge in [0.15, 0.2) is 9.84 Å². The van der Waals surface area contributed by atoms with Crippen molar-refractivity contribution in [2.45, 2.75) is 43.2 Å². The Morgan fingerprint density at radius 1 is 1.08 bits per heavy atom. The van der Waals surface area contributed by atoms with Gasteiger partial charge < -0.3 is 10.0 Å². The zero-order valence-electron chi connectivity index (χ0n) is 14.9. The molecule has 1 aliphatic rings. The molecule has 3 atom stereocenters. The van der Waals surface area contributed by atoms with Crippen molar-refractivity contribution < 1.29 is 18.3 Å². The molecule has 1 saturated heterocycles. The van der Waals surface area contributed by atoms with Gasteiger partial charge in [-0.3, -0.25) is 4.79 Å². The molecule has 0 saturated carbocycles. The normalized spacial score (nSPS) is 23.9. The minimum Gasteiger partial charge on any atom is -0.373 e. The van der Waals surface area contributed by atoms with Crippen molar-refractivity contribution in [2.75, 3.05) is 0 Å². The molecule has 6 heteroatoms. The Balaban J connectivity index is 1.92. The zero-order valence-corrected chi connectivity index (χ0v) is 15.7. The van der Waals surface area contributed by atoms with Gasteiger partial charge >= 0.3 is 0 Å². The summed E-state index contributed by atoms with van der Waals surface area (Å²) in [5, 5.41) is 9.30. The molecule has 2 aromatic carbocycles. The number of sulfone groups is 1. The van der Waals surface area contributed by atoms with Gasteiger partial charge in [0.05, 0.1) is 4.90 Å². The summed E-state index contributed by atoms with van der Waals surface area (Å²) in [6.45, 7) is 3.83. The molecule has 1 heterocycles. The molecular weight excluding hydrogens is 350 g/mol. The van der Waals surface area contributed by atoms with Crippen molar-refractivity contribution in [3.63, 3.8) is 0 Å². The monoisotopic (exact) mass is 373 g/mol. The first-order valence-corrected chi connectivity index (χ1v) is 10.2. The van der Waals surface area contributed by atoms with Gasteiger partial charge in [-0.25, -0.2) is 8.42 Å². The lowest BCUT2D eigenvalue weighted by Crippen LogP contribution is -2.55. The van der Waals surface area contributed by atoms with Gasteiger partial charge in [-0.2, -0.15) is 0 Å². The smallest absolute Gasteiger partial charge is 0.243 e. The first-order chi connectivity index (χ1) is 12.3. The molecule has 0 aliphatic carbocycles. The number of piperidine rings is 1. The van der Waals surface area contributed by atoms with Crippen LogP contribution in [0.15, 0.2) is 59.5 Å². The van der Waals surface area contributed by atoms with Crippen LogP contribution in [0.25, 0.3) is 0 Å². The van der Waals surface area contributed by atoms with Crippen molar-refractivity contribution in [3.8, 4) is 0 Å². The predicted octanol–water partition coefficient (Wildman–Crippen LogP) is 2.52. The second kappa shape index (κ2) is 7.21. The number of aliphatic hydroxyl groups excluding tert-OH is 1. The fraction of sp³-hybridized carbons (Fsp3) is 0.350. The van der Waals surface area contributed by atoms with Crippen molar-refractivity contribution >= 4 is 15.7 Å². The molecule has 2 aromatic rings. The van der Waals surface area contributed by atoms with Crippen LogP contribution in [-0.2, 0) is 21.2 Å². The van der Waals surface area contributed by atoms with E-state index in [-0.39, 0.29) is 23.8 Å². The molecule has 1 N–H and O–H groups in total. The number of nitrogens with zero attached hydrogens (tertiary/aromatic N) is 1. The number of carbonyl (C=O) groups excluding carboxylic acids is 1. The largest absolute Gasteiger partial charge is 0.373 e. The highest BCUT2D eigenvalue weighted by Gasteiger charge is 2.45. The van der Waals surface area contributed by atoms with Crippen molar-refractivity contribution in [1.82, 2.24) is 4.90 Å². The first kappa shape index (κ1) is 18.6. The summed E-state index contributed by atoms with van der Waals surface area (Å²) < 4.78 is 26.1. The molecule has 0 bridgehead atoms. The van der Waals surface area contributed by atoms with Gasteiger partial charge in [-0.15, -0.1) is 0 Å². The van der Waals surface area contributed by atoms with Crippen LogP contribution in [0.4, 0.5) is 0 Å². The van der Waals surface area contributed by atoms with E-state index in [1.165, 1.54) is 17.0 Å². The molecule has 3 unspecified atom stereocenters. The highest BCUT2D eigenvalue weighted by molar-refractivity contribution is 7.92. The second-order valence-electron chi connectivity index (χ2n) is 6.93. The number of hydrogen-bond donors (Lipinski definition) is 1. The minimum atomic E-state index is -3.81. The Kier molecular flexibility index (Phi) is 5.16. The van der Waals surface area contributed by atoms with Crippen molar-refractivity contribution in [3.05, 3.63) is 65.7 Å². The number of hydrogen-bond acceptors (Lipinski definition) is 4. The molecule has 3 rings (SSSR count). The van der Waals surface area contributed by atoms with E-state index in [0.29, 0.717) is 0 Å². The summed E-state index contributed by atoms with van der Waals surface area (Å²) >= 11 is 0. The quantitative estimate of drug-likeness (QED) is 0.894. The summed E-state index contributed by atoms with van der Waals surface area (Å²) in [4.78, 5) is 14.4. The molecule has 138 valence electrons. The van der Waals surface area contributed by atoms with Crippen molar-refractivity contribution in [1.29, 1.82) is 0 Å². The summed E-state index contributed by atoms with van der Waals surface area (Å²) in [5.74, 6) is -0.873. The SMILES string of the molecule is Cc1ccc(S(=O)(=O)C2CC(C)C(O)N(Cc3ccccc3)C2=O)cc1. The van der Waals surface area contributed by atoms with Crippen LogP contribution < -0.4 is 0 Å². The van der Waals surface area contributed by atoms with E-state index < -0.39 is 27.2 Å². The standard InChI is InChI=1S/C20H23NO4S/c1-14-8-10-17(11-9-14)26(24,25)18-12-15(2)19(22)21(20(18)23)13-16-6-4-3-5-7-16/h3-11,15,18-19,22H,12-13H2,1-2H3. The number of amides is 1. The lowest BCUT2D eigenvalue weighted by atomic mass is 9.96. The van der Waals surface area contributed by atoms with Gasteiger partial charge in [0, 0.05) is 12.5 Å². The molecule has 0 radical (unpaired) electrons. The number of carbonyl (C=O) groups is 1. The van der Waals surface area contributed by atoms with Crippen LogP contribution in [-0.4, -0.2) is 35.8 Å². The predicted molar refractivity (Wildman–Crippen MR) is 98.9 cm³/mol. The van der Waals surface area contributed by atoms with Gasteiger partial charge in [0.25, 0.3) is 0 Å². The maximum Gasteiger partial charge on any atom is 0.243 e. The van der Waals surface area contributed by atoms with Crippen LogP contribution in [0.1, 0.15) is 24.5 Å². The minimum absolute atomic E-state index is 0.113. The lowest BCUT2D eigenvalue weighted by molar-refractivity contribution is -0.152. The van der Waals surface area contributed by atoms with Crippen LogP contribution >= 0.6 is 0 Å². The molecular formula is C20H23NO4S. The second-order valence-corrected chi connectivity index (χ2v) is 9.06. The highest BCUT2D eigenvalue weighted by Crippen LogP contribution is 2.31. The summed E-state index contributed by atoms with van der Waals surface area (Å²) in [6.07, 6.45) is -0.881. The van der Waals surface area contributed by atoms with Gasteiger partial charge in [0.2, 0.25) is 5.91 Å². The topological polar surface area (TPSA) is 74.7 Å². The van der Waals surface area contributed by atoms with E-state index in [0.717, 1.165) is 11.1 Å². The van der Waals surface area contributed by atoms with E-state index in [1.807, 2.05) is 37.3 Å². The Hall–Kier alpha value is -2.18. The van der Waals surface area contributed by atoms with Gasteiger partial charge in [0.1, 0.15) is 11.5 Å². The molecule has 0 spiro atoms. The molecule has 0 aromatic heterocycles. The third kappa shape index (κ3) is 3.52. The molecule has 26 heavy (non-hydrogen) atoms. The number of rotatable bonds is 4. The molecule has 1 fully saturated rings. The number of aliphatic hydroxyl groups is 1.